The maximum absolute atomic E-state index is 9.32. The Bertz CT molecular complexity index is 443. The Hall–Kier alpha value is -1.23. The summed E-state index contributed by atoms with van der Waals surface area (Å²) in [5, 5.41) is 9.32. The van der Waals surface area contributed by atoms with Gasteiger partial charge in [-0.25, -0.2) is 0 Å². The van der Waals surface area contributed by atoms with E-state index in [0.717, 1.165) is 39.1 Å². The summed E-state index contributed by atoms with van der Waals surface area (Å²) in [4.78, 5) is 9.04. The van der Waals surface area contributed by atoms with Crippen LogP contribution < -0.4 is 0 Å². The first-order valence-electron chi connectivity index (χ1n) is 7.78. The van der Waals surface area contributed by atoms with E-state index in [1.807, 2.05) is 12.4 Å². The summed E-state index contributed by atoms with van der Waals surface area (Å²) in [6.07, 6.45) is 6.84. The van der Waals surface area contributed by atoms with E-state index in [9.17, 15) is 5.11 Å². The minimum Gasteiger partial charge on any atom is -0.396 e. The minimum absolute atomic E-state index is 0.263. The normalized spacial score (nSPS) is 20.4. The number of hydrogen-bond donors (Lipinski definition) is 1. The van der Waals surface area contributed by atoms with E-state index in [-0.39, 0.29) is 6.61 Å². The van der Waals surface area contributed by atoms with Crippen molar-refractivity contribution >= 4 is 0 Å². The standard InChI is InChI=1S/C17H27N3O/c1-15(2)5-9-20-11-10-19(14-17(20)6-12-21)13-16-3-7-18-8-4-16/h3-5,7-8,17,21H,6,9-14H2,1-2H3/t17-/m1/s1. The number of nitrogens with zero attached hydrogens (tertiary/aromatic N) is 3. The summed E-state index contributed by atoms with van der Waals surface area (Å²) in [7, 11) is 0. The lowest BCUT2D eigenvalue weighted by molar-refractivity contribution is 0.0636. The van der Waals surface area contributed by atoms with Crippen molar-refractivity contribution in [2.24, 2.45) is 0 Å². The van der Waals surface area contributed by atoms with Gasteiger partial charge >= 0.3 is 0 Å². The highest BCUT2D eigenvalue weighted by Crippen LogP contribution is 2.15. The zero-order valence-electron chi connectivity index (χ0n) is 13.2. The quantitative estimate of drug-likeness (QED) is 0.812. The third kappa shape index (κ3) is 5.23. The summed E-state index contributed by atoms with van der Waals surface area (Å²) in [5.74, 6) is 0. The van der Waals surface area contributed by atoms with E-state index < -0.39 is 0 Å². The van der Waals surface area contributed by atoms with Crippen molar-refractivity contribution in [1.82, 2.24) is 14.8 Å². The molecule has 0 saturated carbocycles. The molecule has 0 radical (unpaired) electrons. The Labute approximate surface area is 128 Å². The highest BCUT2D eigenvalue weighted by atomic mass is 16.3. The zero-order chi connectivity index (χ0) is 15.1. The molecule has 1 aromatic rings. The number of aliphatic hydroxyl groups excluding tert-OH is 1. The van der Waals surface area contributed by atoms with Gasteiger partial charge < -0.3 is 5.11 Å². The van der Waals surface area contributed by atoms with Crippen LogP contribution in [0.25, 0.3) is 0 Å². The van der Waals surface area contributed by atoms with Crippen molar-refractivity contribution in [3.05, 3.63) is 41.7 Å². The van der Waals surface area contributed by atoms with Gasteiger partial charge in [-0.2, -0.15) is 0 Å². The largest absolute Gasteiger partial charge is 0.396 e. The summed E-state index contributed by atoms with van der Waals surface area (Å²) in [6, 6.07) is 4.61. The number of pyridine rings is 1. The number of hydrogen-bond acceptors (Lipinski definition) is 4. The van der Waals surface area contributed by atoms with Gasteiger partial charge in [0.25, 0.3) is 0 Å². The first-order valence-corrected chi connectivity index (χ1v) is 7.78. The van der Waals surface area contributed by atoms with E-state index in [0.29, 0.717) is 6.04 Å². The lowest BCUT2D eigenvalue weighted by Crippen LogP contribution is -2.53. The van der Waals surface area contributed by atoms with E-state index in [1.54, 1.807) is 0 Å². The summed E-state index contributed by atoms with van der Waals surface area (Å²) >= 11 is 0. The molecule has 1 atom stereocenters. The van der Waals surface area contributed by atoms with Crippen LogP contribution >= 0.6 is 0 Å². The van der Waals surface area contributed by atoms with Crippen LogP contribution in [0.1, 0.15) is 25.8 Å². The van der Waals surface area contributed by atoms with E-state index >= 15 is 0 Å². The molecule has 4 nitrogen and oxygen atoms in total. The molecule has 1 aliphatic rings. The Balaban J connectivity index is 1.92. The van der Waals surface area contributed by atoms with Gasteiger partial charge in [-0.3, -0.25) is 14.8 Å². The highest BCUT2D eigenvalue weighted by molar-refractivity contribution is 5.09. The number of allylic oxidation sites excluding steroid dienone is 1. The molecule has 2 heterocycles. The molecule has 0 aliphatic carbocycles. The zero-order valence-corrected chi connectivity index (χ0v) is 13.2. The molecule has 0 bridgehead atoms. The molecule has 0 aromatic carbocycles. The van der Waals surface area contributed by atoms with E-state index in [1.165, 1.54) is 11.1 Å². The third-order valence-electron chi connectivity index (χ3n) is 4.04. The van der Waals surface area contributed by atoms with Crippen LogP contribution in [-0.4, -0.2) is 58.7 Å². The smallest absolute Gasteiger partial charge is 0.0446 e. The first-order chi connectivity index (χ1) is 10.2. The predicted molar refractivity (Wildman–Crippen MR) is 86.0 cm³/mol. The number of aliphatic hydroxyl groups is 1. The van der Waals surface area contributed by atoms with Crippen LogP contribution in [0.4, 0.5) is 0 Å². The molecular formula is C17H27N3O. The molecule has 2 rings (SSSR count). The average molecular weight is 289 g/mol. The van der Waals surface area contributed by atoms with Crippen LogP contribution in [-0.2, 0) is 6.54 Å². The van der Waals surface area contributed by atoms with Gasteiger partial charge in [-0.1, -0.05) is 11.6 Å². The SMILES string of the molecule is CC(C)=CCN1CCN(Cc2ccncc2)C[C@H]1CCO. The fourth-order valence-electron chi connectivity index (χ4n) is 2.81. The Kier molecular flexibility index (Phi) is 6.36. The number of aromatic nitrogens is 1. The van der Waals surface area contributed by atoms with Gasteiger partial charge in [0.15, 0.2) is 0 Å². The molecule has 4 heteroatoms. The van der Waals surface area contributed by atoms with Crippen LogP contribution in [0.5, 0.6) is 0 Å². The molecule has 1 aliphatic heterocycles. The molecule has 1 N–H and O–H groups in total. The molecule has 0 unspecified atom stereocenters. The fraction of sp³-hybridized carbons (Fsp3) is 0.588. The Morgan fingerprint density at radius 1 is 1.33 bits per heavy atom. The fourth-order valence-corrected chi connectivity index (χ4v) is 2.81. The molecule has 1 fully saturated rings. The van der Waals surface area contributed by atoms with Gasteiger partial charge in [0.05, 0.1) is 0 Å². The molecule has 1 saturated heterocycles. The molecular weight excluding hydrogens is 262 g/mol. The van der Waals surface area contributed by atoms with Crippen molar-refractivity contribution in [2.45, 2.75) is 32.9 Å². The van der Waals surface area contributed by atoms with Gasteiger partial charge in [0, 0.05) is 57.8 Å². The second-order valence-electron chi connectivity index (χ2n) is 6.03. The second kappa shape index (κ2) is 8.27. The maximum atomic E-state index is 9.32. The van der Waals surface area contributed by atoms with Gasteiger partial charge in [-0.05, 0) is 38.0 Å². The maximum Gasteiger partial charge on any atom is 0.0446 e. The number of rotatable bonds is 6. The van der Waals surface area contributed by atoms with Gasteiger partial charge in [-0.15, -0.1) is 0 Å². The monoisotopic (exact) mass is 289 g/mol. The van der Waals surface area contributed by atoms with Gasteiger partial charge in [0.2, 0.25) is 0 Å². The van der Waals surface area contributed by atoms with Crippen molar-refractivity contribution in [2.75, 3.05) is 32.8 Å². The van der Waals surface area contributed by atoms with Crippen LogP contribution in [0, 0.1) is 0 Å². The first kappa shape index (κ1) is 16.1. The van der Waals surface area contributed by atoms with E-state index in [2.05, 4.69) is 46.8 Å². The lowest BCUT2D eigenvalue weighted by atomic mass is 10.1. The third-order valence-corrected chi connectivity index (χ3v) is 4.04. The second-order valence-corrected chi connectivity index (χ2v) is 6.03. The molecule has 1 aromatic heterocycles. The lowest BCUT2D eigenvalue weighted by Gasteiger charge is -2.41. The van der Waals surface area contributed by atoms with Crippen molar-refractivity contribution < 1.29 is 5.11 Å². The van der Waals surface area contributed by atoms with Crippen molar-refractivity contribution in [3.63, 3.8) is 0 Å². The van der Waals surface area contributed by atoms with Crippen LogP contribution in [0.15, 0.2) is 36.2 Å². The Morgan fingerprint density at radius 2 is 2.10 bits per heavy atom. The van der Waals surface area contributed by atoms with Crippen molar-refractivity contribution in [1.29, 1.82) is 0 Å². The van der Waals surface area contributed by atoms with Crippen molar-refractivity contribution in [3.8, 4) is 0 Å². The summed E-state index contributed by atoms with van der Waals surface area (Å²) < 4.78 is 0. The molecule has 0 spiro atoms. The Morgan fingerprint density at radius 3 is 2.76 bits per heavy atom. The number of piperazine rings is 1. The minimum atomic E-state index is 0.263. The molecule has 21 heavy (non-hydrogen) atoms. The molecule has 0 amide bonds. The van der Waals surface area contributed by atoms with Crippen LogP contribution in [0.3, 0.4) is 0 Å². The van der Waals surface area contributed by atoms with Crippen LogP contribution in [0.2, 0.25) is 0 Å². The molecule has 116 valence electrons. The summed E-state index contributed by atoms with van der Waals surface area (Å²) in [6.45, 7) is 9.69. The van der Waals surface area contributed by atoms with E-state index in [4.69, 9.17) is 0 Å². The van der Waals surface area contributed by atoms with Gasteiger partial charge in [0.1, 0.15) is 0 Å². The summed E-state index contributed by atoms with van der Waals surface area (Å²) in [5.41, 5.74) is 2.67. The highest BCUT2D eigenvalue weighted by Gasteiger charge is 2.25. The topological polar surface area (TPSA) is 39.6 Å². The predicted octanol–water partition coefficient (Wildman–Crippen LogP) is 1.92. The average Bonchev–Trinajstić information content (AvgIpc) is 2.48.